The van der Waals surface area contributed by atoms with Gasteiger partial charge in [-0.2, -0.15) is 4.31 Å². The summed E-state index contributed by atoms with van der Waals surface area (Å²) < 4.78 is 26.6. The lowest BCUT2D eigenvalue weighted by Gasteiger charge is -2.37. The molecule has 7 nitrogen and oxygen atoms in total. The van der Waals surface area contributed by atoms with Gasteiger partial charge in [-0.1, -0.05) is 6.07 Å². The van der Waals surface area contributed by atoms with Crippen LogP contribution in [-0.4, -0.2) is 64.8 Å². The first-order valence-electron chi connectivity index (χ1n) is 7.06. The fraction of sp³-hybridized carbons (Fsp3) is 0.429. The normalized spacial score (nSPS) is 20.5. The number of piperazine rings is 1. The van der Waals surface area contributed by atoms with E-state index in [0.717, 1.165) is 0 Å². The largest absolute Gasteiger partial charge is 0.334 e. The molecule has 1 aliphatic rings. The number of amides is 1. The molecule has 0 radical (unpaired) electrons. The van der Waals surface area contributed by atoms with E-state index in [0.29, 0.717) is 31.0 Å². The van der Waals surface area contributed by atoms with Crippen LogP contribution in [-0.2, 0) is 10.0 Å². The maximum absolute atomic E-state index is 12.6. The van der Waals surface area contributed by atoms with E-state index in [9.17, 15) is 13.2 Å². The molecule has 0 aliphatic carbocycles. The Bertz CT molecular complexity index is 781. The molecule has 0 saturated carbocycles. The van der Waals surface area contributed by atoms with E-state index < -0.39 is 10.0 Å². The number of fused-ring (bicyclic) bond motifs is 1. The molecule has 0 unspecified atom stereocenters. The van der Waals surface area contributed by atoms with Gasteiger partial charge in [-0.25, -0.2) is 13.4 Å². The molecule has 2 aromatic heterocycles. The third-order valence-corrected chi connectivity index (χ3v) is 5.26. The molecule has 2 aromatic rings. The Balaban J connectivity index is 1.79. The average molecular weight is 322 g/mol. The van der Waals surface area contributed by atoms with Gasteiger partial charge in [0.2, 0.25) is 10.0 Å². The Hall–Kier alpha value is -1.93. The molecule has 0 bridgehead atoms. The topological polar surface area (TPSA) is 75.0 Å². The highest BCUT2D eigenvalue weighted by atomic mass is 32.2. The van der Waals surface area contributed by atoms with Gasteiger partial charge in [0.25, 0.3) is 5.91 Å². The van der Waals surface area contributed by atoms with Crippen LogP contribution in [0.1, 0.15) is 17.4 Å². The Morgan fingerprint density at radius 2 is 2.09 bits per heavy atom. The number of sulfonamides is 1. The molecule has 1 atom stereocenters. The van der Waals surface area contributed by atoms with Gasteiger partial charge in [0, 0.05) is 38.1 Å². The van der Waals surface area contributed by atoms with Crippen molar-refractivity contribution in [1.29, 1.82) is 0 Å². The lowest BCUT2D eigenvalue weighted by molar-refractivity contribution is 0.0637. The molecule has 1 fully saturated rings. The Morgan fingerprint density at radius 1 is 1.32 bits per heavy atom. The zero-order valence-corrected chi connectivity index (χ0v) is 13.3. The Kier molecular flexibility index (Phi) is 3.65. The summed E-state index contributed by atoms with van der Waals surface area (Å²) in [7, 11) is -3.23. The number of imidazole rings is 1. The summed E-state index contributed by atoms with van der Waals surface area (Å²) in [6.07, 6.45) is 4.73. The van der Waals surface area contributed by atoms with Crippen molar-refractivity contribution in [2.75, 3.05) is 25.9 Å². The maximum atomic E-state index is 12.6. The summed E-state index contributed by atoms with van der Waals surface area (Å²) in [4.78, 5) is 18.5. The number of hydrogen-bond acceptors (Lipinski definition) is 4. The third-order valence-electron chi connectivity index (χ3n) is 3.86. The molecule has 0 aromatic carbocycles. The molecule has 3 heterocycles. The zero-order valence-electron chi connectivity index (χ0n) is 12.5. The average Bonchev–Trinajstić information content (AvgIpc) is 2.88. The second kappa shape index (κ2) is 5.36. The summed E-state index contributed by atoms with van der Waals surface area (Å²) in [6.45, 7) is 2.88. The number of carbonyl (C=O) groups is 1. The maximum Gasteiger partial charge on any atom is 0.274 e. The van der Waals surface area contributed by atoms with E-state index in [2.05, 4.69) is 4.98 Å². The van der Waals surface area contributed by atoms with Gasteiger partial charge in [-0.05, 0) is 19.1 Å². The number of aromatic nitrogens is 2. The van der Waals surface area contributed by atoms with Crippen LogP contribution in [0.15, 0.2) is 30.6 Å². The first-order valence-corrected chi connectivity index (χ1v) is 8.91. The molecule has 1 saturated heterocycles. The molecule has 1 amide bonds. The van der Waals surface area contributed by atoms with Crippen molar-refractivity contribution in [3.05, 3.63) is 36.3 Å². The predicted molar refractivity (Wildman–Crippen MR) is 82.1 cm³/mol. The molecular formula is C14H18N4O3S. The van der Waals surface area contributed by atoms with E-state index in [1.54, 1.807) is 15.5 Å². The standard InChI is InChI=1S/C14H18N4O3S/c1-11-9-17(7-8-18(11)22(2,20)21)14(19)12-10-16-6-4-3-5-13(16)15-12/h3-6,10-11H,7-9H2,1-2H3/t11-/m0/s1. The van der Waals surface area contributed by atoms with Crippen molar-refractivity contribution in [3.8, 4) is 0 Å². The minimum Gasteiger partial charge on any atom is -0.334 e. The van der Waals surface area contributed by atoms with Crippen LogP contribution < -0.4 is 0 Å². The van der Waals surface area contributed by atoms with E-state index in [-0.39, 0.29) is 11.9 Å². The van der Waals surface area contributed by atoms with Crippen molar-refractivity contribution < 1.29 is 13.2 Å². The minimum absolute atomic E-state index is 0.163. The van der Waals surface area contributed by atoms with E-state index in [4.69, 9.17) is 0 Å². The van der Waals surface area contributed by atoms with Gasteiger partial charge in [0.05, 0.1) is 6.26 Å². The number of carbonyl (C=O) groups excluding carboxylic acids is 1. The van der Waals surface area contributed by atoms with Gasteiger partial charge in [-0.15, -0.1) is 0 Å². The zero-order chi connectivity index (χ0) is 15.9. The number of rotatable bonds is 2. The second-order valence-corrected chi connectivity index (χ2v) is 7.50. The van der Waals surface area contributed by atoms with Gasteiger partial charge >= 0.3 is 0 Å². The van der Waals surface area contributed by atoms with Gasteiger partial charge < -0.3 is 9.30 Å². The van der Waals surface area contributed by atoms with Crippen molar-refractivity contribution >= 4 is 21.6 Å². The Labute approximate surface area is 129 Å². The molecular weight excluding hydrogens is 304 g/mol. The first-order chi connectivity index (χ1) is 10.4. The monoisotopic (exact) mass is 322 g/mol. The van der Waals surface area contributed by atoms with Crippen molar-refractivity contribution in [2.24, 2.45) is 0 Å². The van der Waals surface area contributed by atoms with Crippen molar-refractivity contribution in [3.63, 3.8) is 0 Å². The van der Waals surface area contributed by atoms with Gasteiger partial charge in [0.15, 0.2) is 0 Å². The van der Waals surface area contributed by atoms with E-state index >= 15 is 0 Å². The highest BCUT2D eigenvalue weighted by Crippen LogP contribution is 2.16. The molecule has 118 valence electrons. The first kappa shape index (κ1) is 15.0. The summed E-state index contributed by atoms with van der Waals surface area (Å²) in [6, 6.07) is 5.34. The van der Waals surface area contributed by atoms with E-state index in [1.165, 1.54) is 10.6 Å². The van der Waals surface area contributed by atoms with Gasteiger partial charge in [0.1, 0.15) is 11.3 Å². The predicted octanol–water partition coefficient (Wildman–Crippen LogP) is 0.440. The van der Waals surface area contributed by atoms with E-state index in [1.807, 2.05) is 31.3 Å². The molecule has 1 aliphatic heterocycles. The van der Waals surface area contributed by atoms with Crippen molar-refractivity contribution in [2.45, 2.75) is 13.0 Å². The third kappa shape index (κ3) is 2.71. The van der Waals surface area contributed by atoms with Crippen LogP contribution >= 0.6 is 0 Å². The van der Waals surface area contributed by atoms with Gasteiger partial charge in [-0.3, -0.25) is 4.79 Å². The number of hydrogen-bond donors (Lipinski definition) is 0. The molecule has 0 spiro atoms. The Morgan fingerprint density at radius 3 is 2.73 bits per heavy atom. The SMILES string of the molecule is C[C@H]1CN(C(=O)c2cn3ccccc3n2)CCN1S(C)(=O)=O. The van der Waals surface area contributed by atoms with Crippen LogP contribution in [0.2, 0.25) is 0 Å². The van der Waals surface area contributed by atoms with Crippen LogP contribution in [0.3, 0.4) is 0 Å². The summed E-state index contributed by atoms with van der Waals surface area (Å²) in [5.74, 6) is -0.163. The molecule has 0 N–H and O–H groups in total. The summed E-state index contributed by atoms with van der Waals surface area (Å²) >= 11 is 0. The quantitative estimate of drug-likeness (QED) is 0.804. The lowest BCUT2D eigenvalue weighted by Crippen LogP contribution is -2.55. The van der Waals surface area contributed by atoms with Crippen LogP contribution in [0.5, 0.6) is 0 Å². The number of pyridine rings is 1. The van der Waals surface area contributed by atoms with Crippen LogP contribution in [0, 0.1) is 0 Å². The summed E-state index contributed by atoms with van der Waals surface area (Å²) in [5, 5.41) is 0. The minimum atomic E-state index is -3.23. The summed E-state index contributed by atoms with van der Waals surface area (Å²) in [5.41, 5.74) is 1.10. The smallest absolute Gasteiger partial charge is 0.274 e. The fourth-order valence-electron chi connectivity index (χ4n) is 2.82. The number of nitrogens with zero attached hydrogens (tertiary/aromatic N) is 4. The second-order valence-electron chi connectivity index (χ2n) is 5.57. The molecule has 3 rings (SSSR count). The highest BCUT2D eigenvalue weighted by Gasteiger charge is 2.32. The highest BCUT2D eigenvalue weighted by molar-refractivity contribution is 7.88. The molecule has 8 heteroatoms. The fourth-order valence-corrected chi connectivity index (χ4v) is 3.95. The molecule has 22 heavy (non-hydrogen) atoms. The van der Waals surface area contributed by atoms with Crippen molar-refractivity contribution in [1.82, 2.24) is 18.6 Å². The lowest BCUT2D eigenvalue weighted by atomic mass is 10.2. The van der Waals surface area contributed by atoms with Crippen LogP contribution in [0.4, 0.5) is 0 Å². The van der Waals surface area contributed by atoms with Crippen LogP contribution in [0.25, 0.3) is 5.65 Å².